The average Bonchev–Trinajstić information content (AvgIpc) is 2.55. The Balaban J connectivity index is 1.69. The van der Waals surface area contributed by atoms with E-state index in [2.05, 4.69) is 6.07 Å². The second-order valence-electron chi connectivity index (χ2n) is 6.22. The van der Waals surface area contributed by atoms with E-state index in [1.165, 1.54) is 24.0 Å². The van der Waals surface area contributed by atoms with Crippen molar-refractivity contribution in [2.24, 2.45) is 0 Å². The first kappa shape index (κ1) is 15.6. The molecule has 0 fully saturated rings. The highest BCUT2D eigenvalue weighted by Crippen LogP contribution is 2.26. The van der Waals surface area contributed by atoms with Crippen molar-refractivity contribution in [2.75, 3.05) is 0 Å². The van der Waals surface area contributed by atoms with Gasteiger partial charge < -0.3 is 9.47 Å². The number of fused-ring (bicyclic) bond motifs is 1. The van der Waals surface area contributed by atoms with E-state index in [4.69, 9.17) is 9.47 Å². The van der Waals surface area contributed by atoms with Crippen LogP contribution in [0, 0.1) is 0 Å². The molecule has 0 N–H and O–H groups in total. The topological polar surface area (TPSA) is 35.5 Å². The van der Waals surface area contributed by atoms with Crippen LogP contribution in [-0.2, 0) is 12.8 Å². The van der Waals surface area contributed by atoms with Crippen LogP contribution in [0.3, 0.4) is 0 Å². The van der Waals surface area contributed by atoms with Gasteiger partial charge in [0.15, 0.2) is 0 Å². The van der Waals surface area contributed by atoms with Gasteiger partial charge in [-0.05, 0) is 87.1 Å². The van der Waals surface area contributed by atoms with Crippen molar-refractivity contribution in [1.82, 2.24) is 0 Å². The Bertz CT molecular complexity index is 687. The van der Waals surface area contributed by atoms with Crippen molar-refractivity contribution in [2.45, 2.75) is 45.6 Å². The van der Waals surface area contributed by atoms with Crippen LogP contribution < -0.4 is 9.47 Å². The summed E-state index contributed by atoms with van der Waals surface area (Å²) >= 11 is 0. The van der Waals surface area contributed by atoms with Gasteiger partial charge in [0.1, 0.15) is 11.5 Å². The van der Waals surface area contributed by atoms with Gasteiger partial charge >= 0.3 is 5.97 Å². The molecule has 0 bridgehead atoms. The summed E-state index contributed by atoms with van der Waals surface area (Å²) in [6.07, 6.45) is 4.77. The van der Waals surface area contributed by atoms with Gasteiger partial charge in [-0.2, -0.15) is 0 Å². The third kappa shape index (κ3) is 3.92. The zero-order valence-electron chi connectivity index (χ0n) is 13.7. The summed E-state index contributed by atoms with van der Waals surface area (Å²) < 4.78 is 11.1. The van der Waals surface area contributed by atoms with Crippen LogP contribution in [0.25, 0.3) is 0 Å². The van der Waals surface area contributed by atoms with E-state index in [0.29, 0.717) is 11.3 Å². The second-order valence-corrected chi connectivity index (χ2v) is 6.22. The van der Waals surface area contributed by atoms with E-state index in [0.717, 1.165) is 18.6 Å². The molecule has 2 aromatic rings. The second kappa shape index (κ2) is 6.86. The number of esters is 1. The third-order valence-electron chi connectivity index (χ3n) is 3.99. The lowest BCUT2D eigenvalue weighted by Gasteiger charge is -2.16. The van der Waals surface area contributed by atoms with Crippen molar-refractivity contribution in [3.63, 3.8) is 0 Å². The third-order valence-corrected chi connectivity index (χ3v) is 3.99. The molecule has 2 aromatic carbocycles. The van der Waals surface area contributed by atoms with Crippen molar-refractivity contribution in [3.05, 3.63) is 59.2 Å². The lowest BCUT2D eigenvalue weighted by Crippen LogP contribution is -2.10. The summed E-state index contributed by atoms with van der Waals surface area (Å²) in [5, 5.41) is 0. The molecule has 3 heteroatoms. The van der Waals surface area contributed by atoms with Crippen LogP contribution in [0.2, 0.25) is 0 Å². The summed E-state index contributed by atoms with van der Waals surface area (Å²) in [4.78, 5) is 12.3. The van der Waals surface area contributed by atoms with Gasteiger partial charge in [-0.1, -0.05) is 6.07 Å². The first-order valence-corrected chi connectivity index (χ1v) is 8.22. The molecule has 3 nitrogen and oxygen atoms in total. The molecule has 3 rings (SSSR count). The molecule has 1 aliphatic carbocycles. The monoisotopic (exact) mass is 310 g/mol. The maximum atomic E-state index is 12.3. The van der Waals surface area contributed by atoms with E-state index in [1.54, 1.807) is 24.3 Å². The zero-order chi connectivity index (χ0) is 16.2. The maximum Gasteiger partial charge on any atom is 0.343 e. The van der Waals surface area contributed by atoms with Crippen LogP contribution >= 0.6 is 0 Å². The van der Waals surface area contributed by atoms with Crippen molar-refractivity contribution in [1.29, 1.82) is 0 Å². The van der Waals surface area contributed by atoms with E-state index < -0.39 is 0 Å². The average molecular weight is 310 g/mol. The van der Waals surface area contributed by atoms with E-state index >= 15 is 0 Å². The molecule has 0 radical (unpaired) electrons. The Kier molecular flexibility index (Phi) is 4.65. The van der Waals surface area contributed by atoms with Crippen molar-refractivity contribution >= 4 is 5.97 Å². The fourth-order valence-electron chi connectivity index (χ4n) is 2.88. The molecular formula is C20H22O3. The summed E-state index contributed by atoms with van der Waals surface area (Å²) in [5.41, 5.74) is 3.22. The first-order valence-electron chi connectivity index (χ1n) is 8.22. The van der Waals surface area contributed by atoms with Crippen LogP contribution in [0.15, 0.2) is 42.5 Å². The van der Waals surface area contributed by atoms with Crippen LogP contribution in [0.1, 0.15) is 48.2 Å². The number of hydrogen-bond acceptors (Lipinski definition) is 3. The summed E-state index contributed by atoms with van der Waals surface area (Å²) in [6.45, 7) is 3.94. The Hall–Kier alpha value is -2.29. The molecule has 0 heterocycles. The molecular weight excluding hydrogens is 288 g/mol. The number of rotatable bonds is 4. The minimum Gasteiger partial charge on any atom is -0.491 e. The van der Waals surface area contributed by atoms with Crippen LogP contribution in [-0.4, -0.2) is 12.1 Å². The van der Waals surface area contributed by atoms with Crippen molar-refractivity contribution in [3.8, 4) is 11.5 Å². The van der Waals surface area contributed by atoms with Gasteiger partial charge in [-0.15, -0.1) is 0 Å². The highest BCUT2D eigenvalue weighted by Gasteiger charge is 2.13. The number of carbonyl (C=O) groups is 1. The highest BCUT2D eigenvalue weighted by molar-refractivity contribution is 5.91. The molecule has 120 valence electrons. The number of carbonyl (C=O) groups excluding carboxylic acids is 1. The Morgan fingerprint density at radius 2 is 1.57 bits per heavy atom. The predicted molar refractivity (Wildman–Crippen MR) is 90.2 cm³/mol. The molecule has 0 aliphatic heterocycles. The molecule has 0 amide bonds. The maximum absolute atomic E-state index is 12.3. The van der Waals surface area contributed by atoms with E-state index in [9.17, 15) is 4.79 Å². The lowest BCUT2D eigenvalue weighted by molar-refractivity contribution is 0.0734. The molecule has 0 unspecified atom stereocenters. The first-order chi connectivity index (χ1) is 11.1. The molecule has 0 saturated carbocycles. The fourth-order valence-corrected chi connectivity index (χ4v) is 2.88. The minimum absolute atomic E-state index is 0.114. The van der Waals surface area contributed by atoms with Gasteiger partial charge in [-0.3, -0.25) is 0 Å². The Morgan fingerprint density at radius 3 is 2.26 bits per heavy atom. The zero-order valence-corrected chi connectivity index (χ0v) is 13.7. The number of aryl methyl sites for hydroxylation is 2. The predicted octanol–water partition coefficient (Wildman–Crippen LogP) is 4.57. The fraction of sp³-hybridized carbons (Fsp3) is 0.350. The van der Waals surface area contributed by atoms with Crippen LogP contribution in [0.5, 0.6) is 11.5 Å². The van der Waals surface area contributed by atoms with E-state index in [-0.39, 0.29) is 12.1 Å². The minimum atomic E-state index is -0.336. The summed E-state index contributed by atoms with van der Waals surface area (Å²) in [7, 11) is 0. The molecule has 0 saturated heterocycles. The SMILES string of the molecule is CC(C)Oc1ccc(C(=O)Oc2ccc3c(c2)CCCC3)cc1. The number of hydrogen-bond donors (Lipinski definition) is 0. The van der Waals surface area contributed by atoms with Gasteiger partial charge in [-0.25, -0.2) is 4.79 Å². The quantitative estimate of drug-likeness (QED) is 0.613. The lowest BCUT2D eigenvalue weighted by atomic mass is 9.92. The van der Waals surface area contributed by atoms with E-state index in [1.807, 2.05) is 26.0 Å². The number of ether oxygens (including phenoxy) is 2. The molecule has 1 aliphatic rings. The van der Waals surface area contributed by atoms with Gasteiger partial charge in [0.25, 0.3) is 0 Å². The molecule has 0 atom stereocenters. The largest absolute Gasteiger partial charge is 0.491 e. The normalized spacial score (nSPS) is 13.5. The van der Waals surface area contributed by atoms with Gasteiger partial charge in [0.2, 0.25) is 0 Å². The van der Waals surface area contributed by atoms with Gasteiger partial charge in [0, 0.05) is 0 Å². The summed E-state index contributed by atoms with van der Waals surface area (Å²) in [6, 6.07) is 13.0. The summed E-state index contributed by atoms with van der Waals surface area (Å²) in [5.74, 6) is 1.04. The molecule has 23 heavy (non-hydrogen) atoms. The molecule has 0 aromatic heterocycles. The van der Waals surface area contributed by atoms with Crippen LogP contribution in [0.4, 0.5) is 0 Å². The smallest absolute Gasteiger partial charge is 0.343 e. The standard InChI is InChI=1S/C20H22O3/c1-14(2)22-18-10-8-16(9-11-18)20(21)23-19-12-7-15-5-3-4-6-17(15)13-19/h7-14H,3-6H2,1-2H3. The number of benzene rings is 2. The Labute approximate surface area is 137 Å². The van der Waals surface area contributed by atoms with Gasteiger partial charge in [0.05, 0.1) is 11.7 Å². The highest BCUT2D eigenvalue weighted by atomic mass is 16.5. The Morgan fingerprint density at radius 1 is 0.913 bits per heavy atom. The van der Waals surface area contributed by atoms with Crippen molar-refractivity contribution < 1.29 is 14.3 Å². The molecule has 0 spiro atoms.